The molecule has 0 bridgehead atoms. The van der Waals surface area contributed by atoms with Gasteiger partial charge in [0.15, 0.2) is 0 Å². The van der Waals surface area contributed by atoms with Crippen molar-refractivity contribution in [1.82, 2.24) is 25.3 Å². The Bertz CT molecular complexity index is 1350. The van der Waals surface area contributed by atoms with E-state index >= 15 is 0 Å². The highest BCUT2D eigenvalue weighted by molar-refractivity contribution is 9.10. The van der Waals surface area contributed by atoms with Gasteiger partial charge >= 0.3 is 0 Å². The average Bonchev–Trinajstić information content (AvgIpc) is 3.36. The van der Waals surface area contributed by atoms with Crippen LogP contribution in [0.5, 0.6) is 0 Å². The summed E-state index contributed by atoms with van der Waals surface area (Å²) < 4.78 is 42.3. The molecule has 3 N–H and O–H groups in total. The first kappa shape index (κ1) is 24.9. The first-order valence-electron chi connectivity index (χ1n) is 10.1. The summed E-state index contributed by atoms with van der Waals surface area (Å²) in [4.78, 5) is 38.9. The van der Waals surface area contributed by atoms with E-state index in [1.807, 2.05) is 0 Å². The lowest BCUT2D eigenvalue weighted by Gasteiger charge is -2.46. The number of aromatic amines is 1. The molecule has 14 heteroatoms. The summed E-state index contributed by atoms with van der Waals surface area (Å²) in [5, 5.41) is 14.4. The Kier molecular flexibility index (Phi) is 6.26. The molecule has 0 radical (unpaired) electrons. The van der Waals surface area contributed by atoms with Crippen LogP contribution in [0.25, 0.3) is 0 Å². The molecule has 4 rings (SSSR count). The second-order valence-corrected chi connectivity index (χ2v) is 9.37. The molecular formula is C21H17BrClF3N6O3. The van der Waals surface area contributed by atoms with Gasteiger partial charge in [-0.15, -0.1) is 0 Å². The molecule has 0 unspecified atom stereocenters. The maximum absolute atomic E-state index is 13.7. The molecular weight excluding hydrogens is 557 g/mol. The number of amides is 2. The minimum Gasteiger partial charge on any atom is -0.337 e. The second kappa shape index (κ2) is 8.79. The number of hydrogen-bond acceptors (Lipinski definition) is 5. The number of hydrogen-bond donors (Lipinski definition) is 3. The third-order valence-corrected chi connectivity index (χ3v) is 6.99. The van der Waals surface area contributed by atoms with Crippen LogP contribution in [-0.4, -0.2) is 43.5 Å². The molecule has 0 atom stereocenters. The molecule has 35 heavy (non-hydrogen) atoms. The smallest absolute Gasteiger partial charge is 0.293 e. The van der Waals surface area contributed by atoms with Crippen molar-refractivity contribution in [1.29, 1.82) is 0 Å². The van der Waals surface area contributed by atoms with E-state index in [1.54, 1.807) is 0 Å². The maximum atomic E-state index is 13.7. The Hall–Kier alpha value is -3.19. The first-order valence-corrected chi connectivity index (χ1v) is 11.2. The molecule has 1 aliphatic carbocycles. The monoisotopic (exact) mass is 572 g/mol. The fourth-order valence-electron chi connectivity index (χ4n) is 4.13. The van der Waals surface area contributed by atoms with Crippen LogP contribution in [0.3, 0.4) is 0 Å². The standard InChI is InChI=1S/C21H17BrClF3N6O3/c1-9-14(16(33)19(35)29-20(7-21(25,26)8-20)13-6-27-31-30-13)17(22)32(2)15(9)18(34)28-10-3-4-12(24)11(23)5-10/h3-6H,7-8H2,1-2H3,(H,28,34)(H,29,35)(H,27,30,31). The Labute approximate surface area is 209 Å². The number of Topliss-reactive ketones (excluding diaryl/α,β-unsaturated/α-hetero) is 1. The van der Waals surface area contributed by atoms with Crippen LogP contribution in [0.4, 0.5) is 18.9 Å². The van der Waals surface area contributed by atoms with Crippen LogP contribution in [-0.2, 0) is 17.4 Å². The van der Waals surface area contributed by atoms with Gasteiger partial charge in [0.05, 0.1) is 26.9 Å². The molecule has 2 heterocycles. The van der Waals surface area contributed by atoms with E-state index in [0.29, 0.717) is 0 Å². The maximum Gasteiger partial charge on any atom is 0.293 e. The minimum absolute atomic E-state index is 0.0369. The third kappa shape index (κ3) is 4.45. The van der Waals surface area contributed by atoms with Crippen molar-refractivity contribution in [2.45, 2.75) is 31.2 Å². The first-order chi connectivity index (χ1) is 16.3. The largest absolute Gasteiger partial charge is 0.337 e. The van der Waals surface area contributed by atoms with E-state index in [9.17, 15) is 27.6 Å². The fraction of sp³-hybridized carbons (Fsp3) is 0.286. The number of nitrogens with zero attached hydrogens (tertiary/aromatic N) is 3. The normalized spacial score (nSPS) is 15.9. The number of carbonyl (C=O) groups is 3. The van der Waals surface area contributed by atoms with E-state index in [-0.39, 0.29) is 37.8 Å². The molecule has 3 aromatic rings. The molecule has 9 nitrogen and oxygen atoms in total. The molecule has 0 aliphatic heterocycles. The summed E-state index contributed by atoms with van der Waals surface area (Å²) in [6.45, 7) is 1.46. The Balaban J connectivity index is 1.60. The molecule has 1 aromatic carbocycles. The number of carbonyl (C=O) groups excluding carboxylic acids is 3. The van der Waals surface area contributed by atoms with Crippen LogP contribution < -0.4 is 10.6 Å². The van der Waals surface area contributed by atoms with Crippen molar-refractivity contribution < 1.29 is 27.6 Å². The van der Waals surface area contributed by atoms with Gasteiger partial charge in [-0.05, 0) is 46.6 Å². The van der Waals surface area contributed by atoms with E-state index < -0.39 is 47.7 Å². The third-order valence-electron chi connectivity index (χ3n) is 5.77. The number of rotatable bonds is 6. The molecule has 0 saturated heterocycles. The van der Waals surface area contributed by atoms with Crippen LogP contribution in [0, 0.1) is 12.7 Å². The highest BCUT2D eigenvalue weighted by Gasteiger charge is 2.60. The van der Waals surface area contributed by atoms with Crippen LogP contribution in [0.2, 0.25) is 5.02 Å². The quantitative estimate of drug-likeness (QED) is 0.305. The zero-order valence-electron chi connectivity index (χ0n) is 18.2. The van der Waals surface area contributed by atoms with E-state index in [1.165, 1.54) is 36.9 Å². The topological polar surface area (TPSA) is 122 Å². The number of alkyl halides is 2. The van der Waals surface area contributed by atoms with Crippen molar-refractivity contribution in [3.8, 4) is 0 Å². The van der Waals surface area contributed by atoms with E-state index in [2.05, 4.69) is 42.0 Å². The number of ketones is 1. The van der Waals surface area contributed by atoms with Crippen LogP contribution in [0.15, 0.2) is 29.0 Å². The zero-order valence-corrected chi connectivity index (χ0v) is 20.5. The lowest BCUT2D eigenvalue weighted by atomic mass is 9.71. The summed E-state index contributed by atoms with van der Waals surface area (Å²) in [7, 11) is 1.49. The highest BCUT2D eigenvalue weighted by atomic mass is 79.9. The predicted molar refractivity (Wildman–Crippen MR) is 122 cm³/mol. The van der Waals surface area contributed by atoms with Gasteiger partial charge in [-0.3, -0.25) is 14.4 Å². The van der Waals surface area contributed by atoms with Crippen molar-refractivity contribution >= 4 is 50.8 Å². The van der Waals surface area contributed by atoms with Gasteiger partial charge in [0.25, 0.3) is 23.5 Å². The number of halogens is 5. The lowest BCUT2D eigenvalue weighted by Crippen LogP contribution is -2.61. The SMILES string of the molecule is Cc1c(C(=O)C(=O)NC2(c3cn[nH]n3)CC(F)(F)C2)c(Br)n(C)c1C(=O)Nc1ccc(F)c(Cl)c1. The molecule has 1 aliphatic rings. The summed E-state index contributed by atoms with van der Waals surface area (Å²) in [5.74, 6) is -6.52. The lowest BCUT2D eigenvalue weighted by molar-refractivity contribution is -0.148. The molecule has 0 spiro atoms. The highest BCUT2D eigenvalue weighted by Crippen LogP contribution is 2.51. The van der Waals surface area contributed by atoms with Gasteiger partial charge in [0.2, 0.25) is 0 Å². The van der Waals surface area contributed by atoms with Gasteiger partial charge in [-0.25, -0.2) is 13.2 Å². The molecule has 1 saturated carbocycles. The van der Waals surface area contributed by atoms with Gasteiger partial charge in [0.1, 0.15) is 17.2 Å². The van der Waals surface area contributed by atoms with Gasteiger partial charge in [-0.1, -0.05) is 11.6 Å². The summed E-state index contributed by atoms with van der Waals surface area (Å²) >= 11 is 8.98. The van der Waals surface area contributed by atoms with Gasteiger partial charge < -0.3 is 15.2 Å². The number of benzene rings is 1. The summed E-state index contributed by atoms with van der Waals surface area (Å²) in [6.07, 6.45) is -0.281. The summed E-state index contributed by atoms with van der Waals surface area (Å²) in [5.41, 5.74) is -1.18. The van der Waals surface area contributed by atoms with E-state index in [4.69, 9.17) is 11.6 Å². The minimum atomic E-state index is -3.03. The van der Waals surface area contributed by atoms with Crippen molar-refractivity contribution in [3.05, 3.63) is 62.4 Å². The average molecular weight is 574 g/mol. The number of nitrogens with one attached hydrogen (secondary N) is 3. The van der Waals surface area contributed by atoms with E-state index in [0.717, 1.165) is 6.07 Å². The van der Waals surface area contributed by atoms with Crippen molar-refractivity contribution in [3.63, 3.8) is 0 Å². The fourth-order valence-corrected chi connectivity index (χ4v) is 4.96. The Morgan fingerprint density at radius 3 is 2.51 bits per heavy atom. The number of anilines is 1. The van der Waals surface area contributed by atoms with Crippen LogP contribution >= 0.6 is 27.5 Å². The number of aromatic nitrogens is 4. The summed E-state index contributed by atoms with van der Waals surface area (Å²) in [6, 6.07) is 3.61. The predicted octanol–water partition coefficient (Wildman–Crippen LogP) is 3.88. The Morgan fingerprint density at radius 2 is 1.94 bits per heavy atom. The molecule has 2 amide bonds. The van der Waals surface area contributed by atoms with Gasteiger partial charge in [0, 0.05) is 25.6 Å². The Morgan fingerprint density at radius 1 is 1.26 bits per heavy atom. The van der Waals surface area contributed by atoms with Crippen LogP contribution in [0.1, 0.15) is 44.9 Å². The molecule has 1 fully saturated rings. The van der Waals surface area contributed by atoms with Gasteiger partial charge in [-0.2, -0.15) is 15.4 Å². The number of H-pyrrole nitrogens is 1. The molecule has 184 valence electrons. The molecule has 2 aromatic heterocycles. The van der Waals surface area contributed by atoms with Crippen molar-refractivity contribution in [2.75, 3.05) is 5.32 Å². The second-order valence-electron chi connectivity index (χ2n) is 8.21. The zero-order chi connectivity index (χ0) is 25.7. The van der Waals surface area contributed by atoms with Crippen molar-refractivity contribution in [2.24, 2.45) is 7.05 Å².